The van der Waals surface area contributed by atoms with Gasteiger partial charge in [0.05, 0.1) is 0 Å². The van der Waals surface area contributed by atoms with E-state index in [1.807, 2.05) is 24.3 Å². The Balaban J connectivity index is 2.16. The maximum absolute atomic E-state index is 5.50. The Kier molecular flexibility index (Phi) is 2.40. The summed E-state index contributed by atoms with van der Waals surface area (Å²) in [5, 5.41) is 0. The molecule has 2 N–H and O–H groups in total. The number of pyridine rings is 2. The van der Waals surface area contributed by atoms with Crippen LogP contribution in [-0.2, 0) is 6.42 Å². The molecule has 0 aliphatic rings. The molecule has 0 spiro atoms. The molecule has 0 radical (unpaired) electrons. The third kappa shape index (κ3) is 2.07. The molecule has 2 aromatic rings. The number of nitrogens with zero attached hydrogens (tertiary/aromatic N) is 2. The van der Waals surface area contributed by atoms with Gasteiger partial charge in [-0.3, -0.25) is 4.98 Å². The Morgan fingerprint density at radius 1 is 1.00 bits per heavy atom. The van der Waals surface area contributed by atoms with E-state index in [1.165, 1.54) is 5.56 Å². The van der Waals surface area contributed by atoms with Crippen LogP contribution in [0.25, 0.3) is 0 Å². The third-order valence-corrected chi connectivity index (χ3v) is 2.01. The van der Waals surface area contributed by atoms with Crippen molar-refractivity contribution < 1.29 is 0 Å². The van der Waals surface area contributed by atoms with Crippen molar-refractivity contribution in [1.29, 1.82) is 0 Å². The number of anilines is 1. The van der Waals surface area contributed by atoms with Crippen molar-refractivity contribution >= 4 is 5.82 Å². The molecule has 0 amide bonds. The number of aromatic nitrogens is 2. The van der Waals surface area contributed by atoms with Gasteiger partial charge in [-0.15, -0.1) is 0 Å². The third-order valence-electron chi connectivity index (χ3n) is 2.01. The highest BCUT2D eigenvalue weighted by Gasteiger charge is 1.95. The molecule has 0 aliphatic carbocycles. The standard InChI is InChI=1S/C11H11N3/c12-11-2-1-10(8-14-11)7-9-3-5-13-6-4-9/h1-6,8H,7H2,(H2,12,14). The Labute approximate surface area is 82.6 Å². The summed E-state index contributed by atoms with van der Waals surface area (Å²) in [4.78, 5) is 8.00. The fourth-order valence-electron chi connectivity index (χ4n) is 1.28. The SMILES string of the molecule is Nc1ccc(Cc2ccncc2)cn1. The summed E-state index contributed by atoms with van der Waals surface area (Å²) in [5.74, 6) is 0.559. The fraction of sp³-hybridized carbons (Fsp3) is 0.0909. The van der Waals surface area contributed by atoms with E-state index >= 15 is 0 Å². The largest absolute Gasteiger partial charge is 0.384 e. The van der Waals surface area contributed by atoms with Crippen molar-refractivity contribution in [2.75, 3.05) is 5.73 Å². The van der Waals surface area contributed by atoms with E-state index in [9.17, 15) is 0 Å². The van der Waals surface area contributed by atoms with Crippen LogP contribution >= 0.6 is 0 Å². The van der Waals surface area contributed by atoms with Crippen LogP contribution in [0, 0.1) is 0 Å². The molecule has 0 bridgehead atoms. The summed E-state index contributed by atoms with van der Waals surface area (Å²) in [6.07, 6.45) is 6.26. The predicted molar refractivity (Wildman–Crippen MR) is 55.7 cm³/mol. The van der Waals surface area contributed by atoms with Gasteiger partial charge in [-0.1, -0.05) is 6.07 Å². The van der Waals surface area contributed by atoms with Crippen molar-refractivity contribution in [3.63, 3.8) is 0 Å². The molecule has 3 nitrogen and oxygen atoms in total. The first-order chi connectivity index (χ1) is 6.84. The molecule has 0 aromatic carbocycles. The van der Waals surface area contributed by atoms with Gasteiger partial charge in [0.1, 0.15) is 5.82 Å². The topological polar surface area (TPSA) is 51.8 Å². The molecule has 70 valence electrons. The van der Waals surface area contributed by atoms with Crippen LogP contribution in [0.2, 0.25) is 0 Å². The minimum absolute atomic E-state index is 0.559. The molecular weight excluding hydrogens is 174 g/mol. The van der Waals surface area contributed by atoms with Crippen molar-refractivity contribution in [3.8, 4) is 0 Å². The minimum atomic E-state index is 0.559. The second-order valence-corrected chi connectivity index (χ2v) is 3.12. The van der Waals surface area contributed by atoms with Gasteiger partial charge >= 0.3 is 0 Å². The fourth-order valence-corrected chi connectivity index (χ4v) is 1.28. The molecule has 0 fully saturated rings. The van der Waals surface area contributed by atoms with E-state index in [1.54, 1.807) is 18.6 Å². The van der Waals surface area contributed by atoms with Gasteiger partial charge in [0, 0.05) is 18.6 Å². The first kappa shape index (κ1) is 8.69. The Bertz CT molecular complexity index is 395. The quantitative estimate of drug-likeness (QED) is 0.774. The minimum Gasteiger partial charge on any atom is -0.384 e. The monoisotopic (exact) mass is 185 g/mol. The molecule has 0 saturated heterocycles. The van der Waals surface area contributed by atoms with Gasteiger partial charge in [0.2, 0.25) is 0 Å². The van der Waals surface area contributed by atoms with Gasteiger partial charge in [-0.25, -0.2) is 4.98 Å². The molecule has 2 rings (SSSR count). The maximum Gasteiger partial charge on any atom is 0.123 e. The maximum atomic E-state index is 5.50. The highest BCUT2D eigenvalue weighted by atomic mass is 14.8. The highest BCUT2D eigenvalue weighted by molar-refractivity contribution is 5.31. The molecule has 0 aliphatic heterocycles. The van der Waals surface area contributed by atoms with Crippen LogP contribution in [0.3, 0.4) is 0 Å². The summed E-state index contributed by atoms with van der Waals surface area (Å²) in [6.45, 7) is 0. The molecule has 3 heteroatoms. The van der Waals surface area contributed by atoms with Crippen LogP contribution in [0.4, 0.5) is 5.82 Å². The molecule has 0 unspecified atom stereocenters. The number of rotatable bonds is 2. The lowest BCUT2D eigenvalue weighted by Crippen LogP contribution is -1.93. The van der Waals surface area contributed by atoms with E-state index in [0.717, 1.165) is 12.0 Å². The van der Waals surface area contributed by atoms with Gasteiger partial charge in [0.25, 0.3) is 0 Å². The van der Waals surface area contributed by atoms with E-state index < -0.39 is 0 Å². The first-order valence-corrected chi connectivity index (χ1v) is 4.44. The molecule has 0 atom stereocenters. The van der Waals surface area contributed by atoms with Gasteiger partial charge in [-0.2, -0.15) is 0 Å². The van der Waals surface area contributed by atoms with E-state index in [4.69, 9.17) is 5.73 Å². The predicted octanol–water partition coefficient (Wildman–Crippen LogP) is 1.65. The second kappa shape index (κ2) is 3.87. The van der Waals surface area contributed by atoms with Crippen LogP contribution in [-0.4, -0.2) is 9.97 Å². The van der Waals surface area contributed by atoms with Crippen molar-refractivity contribution in [1.82, 2.24) is 9.97 Å². The van der Waals surface area contributed by atoms with Gasteiger partial charge < -0.3 is 5.73 Å². The van der Waals surface area contributed by atoms with Crippen molar-refractivity contribution in [2.45, 2.75) is 6.42 Å². The highest BCUT2D eigenvalue weighted by Crippen LogP contribution is 2.08. The van der Waals surface area contributed by atoms with Crippen LogP contribution in [0.5, 0.6) is 0 Å². The Hall–Kier alpha value is -1.90. The number of nitrogen functional groups attached to an aromatic ring is 1. The number of nitrogens with two attached hydrogens (primary N) is 1. The van der Waals surface area contributed by atoms with E-state index in [2.05, 4.69) is 9.97 Å². The zero-order chi connectivity index (χ0) is 9.80. The second-order valence-electron chi connectivity index (χ2n) is 3.12. The Morgan fingerprint density at radius 3 is 2.43 bits per heavy atom. The Morgan fingerprint density at radius 2 is 1.79 bits per heavy atom. The summed E-state index contributed by atoms with van der Waals surface area (Å²) in [6, 6.07) is 7.80. The lowest BCUT2D eigenvalue weighted by atomic mass is 10.1. The molecule has 14 heavy (non-hydrogen) atoms. The molecule has 2 aromatic heterocycles. The summed E-state index contributed by atoms with van der Waals surface area (Å²) in [7, 11) is 0. The van der Waals surface area contributed by atoms with Crippen molar-refractivity contribution in [3.05, 3.63) is 54.0 Å². The van der Waals surface area contributed by atoms with E-state index in [0.29, 0.717) is 5.82 Å². The molecule has 0 saturated carbocycles. The zero-order valence-corrected chi connectivity index (χ0v) is 7.72. The first-order valence-electron chi connectivity index (χ1n) is 4.44. The average Bonchev–Trinajstić information content (AvgIpc) is 2.23. The normalized spacial score (nSPS) is 10.0. The molecule has 2 heterocycles. The van der Waals surface area contributed by atoms with Crippen LogP contribution in [0.1, 0.15) is 11.1 Å². The zero-order valence-electron chi connectivity index (χ0n) is 7.72. The van der Waals surface area contributed by atoms with Crippen LogP contribution < -0.4 is 5.73 Å². The lowest BCUT2D eigenvalue weighted by Gasteiger charge is -2.00. The number of hydrogen-bond acceptors (Lipinski definition) is 3. The lowest BCUT2D eigenvalue weighted by molar-refractivity contribution is 1.13. The van der Waals surface area contributed by atoms with Gasteiger partial charge in [0.15, 0.2) is 0 Å². The molecular formula is C11H11N3. The summed E-state index contributed by atoms with van der Waals surface area (Å²) >= 11 is 0. The van der Waals surface area contributed by atoms with Crippen molar-refractivity contribution in [2.24, 2.45) is 0 Å². The smallest absolute Gasteiger partial charge is 0.123 e. The van der Waals surface area contributed by atoms with Gasteiger partial charge in [-0.05, 0) is 35.7 Å². The van der Waals surface area contributed by atoms with Crippen LogP contribution in [0.15, 0.2) is 42.9 Å². The summed E-state index contributed by atoms with van der Waals surface area (Å²) < 4.78 is 0. The average molecular weight is 185 g/mol. The summed E-state index contributed by atoms with van der Waals surface area (Å²) in [5.41, 5.74) is 7.89. The van der Waals surface area contributed by atoms with E-state index in [-0.39, 0.29) is 0 Å². The number of hydrogen-bond donors (Lipinski definition) is 1.